The van der Waals surface area contributed by atoms with Gasteiger partial charge in [-0.25, -0.2) is 0 Å². The number of nitrogens with zero attached hydrogens (tertiary/aromatic N) is 1. The zero-order valence-corrected chi connectivity index (χ0v) is 9.85. The summed E-state index contributed by atoms with van der Waals surface area (Å²) in [5, 5.41) is 10.6. The van der Waals surface area contributed by atoms with Crippen LogP contribution in [-0.2, 0) is 4.74 Å². The van der Waals surface area contributed by atoms with Gasteiger partial charge in [0.2, 0.25) is 0 Å². The van der Waals surface area contributed by atoms with Gasteiger partial charge in [0.15, 0.2) is 0 Å². The molecule has 1 aromatic carbocycles. The summed E-state index contributed by atoms with van der Waals surface area (Å²) in [5.41, 5.74) is 5.10. The Morgan fingerprint density at radius 3 is 2.71 bits per heavy atom. The fourth-order valence-electron chi connectivity index (χ4n) is 1.13. The molecule has 2 N–H and O–H groups in total. The first-order valence-corrected chi connectivity index (χ1v) is 5.37. The second-order valence-corrected chi connectivity index (χ2v) is 3.53. The Morgan fingerprint density at radius 2 is 2.12 bits per heavy atom. The van der Waals surface area contributed by atoms with E-state index in [1.807, 2.05) is 0 Å². The number of benzene rings is 1. The van der Waals surface area contributed by atoms with Crippen molar-refractivity contribution in [3.63, 3.8) is 0 Å². The molecule has 1 aromatic rings. The molecule has 17 heavy (non-hydrogen) atoms. The van der Waals surface area contributed by atoms with Gasteiger partial charge in [-0.3, -0.25) is 10.1 Å². The maximum absolute atomic E-state index is 10.5. The van der Waals surface area contributed by atoms with Crippen molar-refractivity contribution >= 4 is 17.3 Å². The molecule has 0 bridgehead atoms. The Morgan fingerprint density at radius 1 is 1.35 bits per heavy atom. The van der Waals surface area contributed by atoms with E-state index in [2.05, 4.69) is 0 Å². The number of nitrogens with two attached hydrogens (primary N) is 1. The summed E-state index contributed by atoms with van der Waals surface area (Å²) in [4.78, 5) is 9.97. The van der Waals surface area contributed by atoms with E-state index in [1.165, 1.54) is 18.2 Å². The van der Waals surface area contributed by atoms with Gasteiger partial charge in [0.05, 0.1) is 18.1 Å². The van der Waals surface area contributed by atoms with Crippen LogP contribution < -0.4 is 10.5 Å². The predicted octanol–water partition coefficient (Wildman–Crippen LogP) is 1.60. The monoisotopic (exact) mass is 260 g/mol. The molecule has 0 saturated heterocycles. The van der Waals surface area contributed by atoms with Crippen LogP contribution in [0.15, 0.2) is 18.2 Å². The first-order valence-electron chi connectivity index (χ1n) is 4.99. The number of hydrogen-bond donors (Lipinski definition) is 1. The van der Waals surface area contributed by atoms with Gasteiger partial charge >= 0.3 is 0 Å². The highest BCUT2D eigenvalue weighted by Gasteiger charge is 2.12. The highest BCUT2D eigenvalue weighted by molar-refractivity contribution is 6.32. The summed E-state index contributed by atoms with van der Waals surface area (Å²) in [6.45, 7) is 1.69. The molecule has 0 aliphatic carbocycles. The molecular weight excluding hydrogens is 248 g/mol. The fraction of sp³-hybridized carbons (Fsp3) is 0.400. The Labute approximate surface area is 103 Å². The van der Waals surface area contributed by atoms with Crippen molar-refractivity contribution in [3.05, 3.63) is 33.3 Å². The van der Waals surface area contributed by atoms with Crippen LogP contribution in [0.3, 0.4) is 0 Å². The molecule has 6 nitrogen and oxygen atoms in total. The molecule has 0 aliphatic heterocycles. The van der Waals surface area contributed by atoms with Crippen LogP contribution >= 0.6 is 11.6 Å². The minimum Gasteiger partial charge on any atom is -0.491 e. The molecule has 0 radical (unpaired) electrons. The Bertz CT molecular complexity index is 387. The second-order valence-electron chi connectivity index (χ2n) is 3.12. The molecule has 0 unspecified atom stereocenters. The average Bonchev–Trinajstić information content (AvgIpc) is 2.28. The van der Waals surface area contributed by atoms with Gasteiger partial charge in [-0.1, -0.05) is 11.6 Å². The molecular formula is C10H13ClN2O4. The Balaban J connectivity index is 2.45. The van der Waals surface area contributed by atoms with Crippen molar-refractivity contribution in [2.45, 2.75) is 0 Å². The first kappa shape index (κ1) is 13.7. The quantitative estimate of drug-likeness (QED) is 0.457. The summed E-state index contributed by atoms with van der Waals surface area (Å²) in [7, 11) is 0. The summed E-state index contributed by atoms with van der Waals surface area (Å²) < 4.78 is 10.4. The van der Waals surface area contributed by atoms with Gasteiger partial charge in [0.25, 0.3) is 5.69 Å². The molecule has 0 atom stereocenters. The Kier molecular flexibility index (Phi) is 5.68. The zero-order chi connectivity index (χ0) is 12.7. The first-order chi connectivity index (χ1) is 8.15. The molecule has 0 spiro atoms. The van der Waals surface area contributed by atoms with Crippen LogP contribution in [0.1, 0.15) is 0 Å². The minimum absolute atomic E-state index is 0.0513. The van der Waals surface area contributed by atoms with Crippen molar-refractivity contribution in [1.82, 2.24) is 0 Å². The molecule has 0 amide bonds. The van der Waals surface area contributed by atoms with E-state index >= 15 is 0 Å². The van der Waals surface area contributed by atoms with E-state index < -0.39 is 4.92 Å². The van der Waals surface area contributed by atoms with Gasteiger partial charge < -0.3 is 15.2 Å². The lowest BCUT2D eigenvalue weighted by atomic mass is 10.3. The number of nitro benzene ring substituents is 1. The summed E-state index contributed by atoms with van der Waals surface area (Å²) in [6, 6.07) is 4.20. The molecule has 7 heteroatoms. The summed E-state index contributed by atoms with van der Waals surface area (Å²) in [6.07, 6.45) is 0. The van der Waals surface area contributed by atoms with Crippen LogP contribution in [0.25, 0.3) is 0 Å². The Hall–Kier alpha value is -1.37. The summed E-state index contributed by atoms with van der Waals surface area (Å²) in [5.74, 6) is 0.469. The van der Waals surface area contributed by atoms with E-state index in [0.29, 0.717) is 32.1 Å². The number of halogens is 1. The van der Waals surface area contributed by atoms with E-state index in [1.54, 1.807) is 0 Å². The van der Waals surface area contributed by atoms with E-state index in [4.69, 9.17) is 26.8 Å². The molecule has 0 saturated carbocycles. The highest BCUT2D eigenvalue weighted by Crippen LogP contribution is 2.28. The van der Waals surface area contributed by atoms with Crippen LogP contribution in [0, 0.1) is 10.1 Å². The topological polar surface area (TPSA) is 87.6 Å². The molecule has 1 rings (SSSR count). The molecule has 0 aromatic heterocycles. The second kappa shape index (κ2) is 7.05. The van der Waals surface area contributed by atoms with Gasteiger partial charge in [0.1, 0.15) is 17.4 Å². The van der Waals surface area contributed by atoms with Gasteiger partial charge in [-0.15, -0.1) is 0 Å². The van der Waals surface area contributed by atoms with Crippen molar-refractivity contribution < 1.29 is 14.4 Å². The smallest absolute Gasteiger partial charge is 0.288 e. The van der Waals surface area contributed by atoms with Crippen LogP contribution in [-0.4, -0.2) is 31.3 Å². The summed E-state index contributed by atoms with van der Waals surface area (Å²) >= 11 is 5.72. The van der Waals surface area contributed by atoms with Crippen molar-refractivity contribution in [1.29, 1.82) is 0 Å². The van der Waals surface area contributed by atoms with Crippen LogP contribution in [0.5, 0.6) is 5.75 Å². The van der Waals surface area contributed by atoms with Crippen LogP contribution in [0.4, 0.5) is 5.69 Å². The van der Waals surface area contributed by atoms with E-state index in [-0.39, 0.29) is 10.7 Å². The molecule has 0 aliphatic rings. The maximum Gasteiger partial charge on any atom is 0.288 e. The maximum atomic E-state index is 10.5. The number of nitro groups is 1. The van der Waals surface area contributed by atoms with Crippen molar-refractivity contribution in [3.8, 4) is 5.75 Å². The van der Waals surface area contributed by atoms with Gasteiger partial charge in [-0.2, -0.15) is 0 Å². The van der Waals surface area contributed by atoms with E-state index in [0.717, 1.165) is 0 Å². The van der Waals surface area contributed by atoms with Gasteiger partial charge in [-0.05, 0) is 6.07 Å². The third kappa shape index (κ3) is 4.56. The third-order valence-electron chi connectivity index (χ3n) is 1.87. The SMILES string of the molecule is NCCOCCOc1ccc([N+](=O)[O-])c(Cl)c1. The van der Waals surface area contributed by atoms with Crippen molar-refractivity contribution in [2.75, 3.05) is 26.4 Å². The van der Waals surface area contributed by atoms with E-state index in [9.17, 15) is 10.1 Å². The lowest BCUT2D eigenvalue weighted by Crippen LogP contribution is -2.13. The van der Waals surface area contributed by atoms with Crippen molar-refractivity contribution in [2.24, 2.45) is 5.73 Å². The van der Waals surface area contributed by atoms with Gasteiger partial charge in [0, 0.05) is 18.7 Å². The molecule has 94 valence electrons. The average molecular weight is 261 g/mol. The minimum atomic E-state index is -0.545. The fourth-order valence-corrected chi connectivity index (χ4v) is 1.37. The number of rotatable bonds is 7. The predicted molar refractivity (Wildman–Crippen MR) is 63.5 cm³/mol. The largest absolute Gasteiger partial charge is 0.491 e. The zero-order valence-electron chi connectivity index (χ0n) is 9.10. The lowest BCUT2D eigenvalue weighted by molar-refractivity contribution is -0.384. The number of hydrogen-bond acceptors (Lipinski definition) is 5. The third-order valence-corrected chi connectivity index (χ3v) is 2.18. The van der Waals surface area contributed by atoms with Crippen LogP contribution in [0.2, 0.25) is 5.02 Å². The highest BCUT2D eigenvalue weighted by atomic mass is 35.5. The number of ether oxygens (including phenoxy) is 2. The lowest BCUT2D eigenvalue weighted by Gasteiger charge is -2.06. The molecule has 0 heterocycles. The normalized spacial score (nSPS) is 10.2. The standard InChI is InChI=1S/C10H13ClN2O4/c11-9-7-8(1-2-10(9)13(14)15)17-6-5-16-4-3-12/h1-2,7H,3-6,12H2. The molecule has 0 fully saturated rings.